The van der Waals surface area contributed by atoms with E-state index in [1.165, 1.54) is 5.69 Å². The van der Waals surface area contributed by atoms with E-state index in [2.05, 4.69) is 80.2 Å². The van der Waals surface area contributed by atoms with Crippen LogP contribution in [-0.4, -0.2) is 65.9 Å². The van der Waals surface area contributed by atoms with Crippen molar-refractivity contribution in [3.63, 3.8) is 0 Å². The lowest BCUT2D eigenvalue weighted by Gasteiger charge is -2.33. The number of aromatic nitrogens is 3. The second kappa shape index (κ2) is 8.80. The van der Waals surface area contributed by atoms with Gasteiger partial charge < -0.3 is 20.0 Å². The zero-order valence-electron chi connectivity index (χ0n) is 16.0. The van der Waals surface area contributed by atoms with E-state index in [1.54, 1.807) is 6.20 Å². The Morgan fingerprint density at radius 2 is 1.69 bits per heavy atom. The van der Waals surface area contributed by atoms with Crippen LogP contribution in [0.2, 0.25) is 0 Å². The maximum Gasteiger partial charge on any atom is 0.247 e. The minimum atomic E-state index is 0.700. The summed E-state index contributed by atoms with van der Waals surface area (Å²) in [5, 5.41) is 11.7. The normalized spacial score (nSPS) is 15.1. The van der Waals surface area contributed by atoms with E-state index in [9.17, 15) is 0 Å². The lowest BCUT2D eigenvalue weighted by atomic mass is 10.2. The number of hydrogen-bond acceptors (Lipinski definition) is 7. The SMILES string of the molecule is CCN1CCN(c2nncc(Nc3ccc(N(CC)CC)cc3)n2)CC1. The first-order valence-corrected chi connectivity index (χ1v) is 9.52. The van der Waals surface area contributed by atoms with Gasteiger partial charge in [0.25, 0.3) is 0 Å². The molecule has 0 unspecified atom stereocenters. The van der Waals surface area contributed by atoms with E-state index < -0.39 is 0 Å². The molecule has 7 nitrogen and oxygen atoms in total. The molecule has 1 aliphatic rings. The van der Waals surface area contributed by atoms with E-state index in [0.29, 0.717) is 5.95 Å². The fourth-order valence-corrected chi connectivity index (χ4v) is 3.24. The highest BCUT2D eigenvalue weighted by Crippen LogP contribution is 2.21. The molecule has 26 heavy (non-hydrogen) atoms. The summed E-state index contributed by atoms with van der Waals surface area (Å²) in [5.41, 5.74) is 2.24. The van der Waals surface area contributed by atoms with E-state index in [-0.39, 0.29) is 0 Å². The summed E-state index contributed by atoms with van der Waals surface area (Å²) in [4.78, 5) is 11.6. The van der Waals surface area contributed by atoms with Crippen molar-refractivity contribution in [3.05, 3.63) is 30.5 Å². The number of nitrogens with zero attached hydrogens (tertiary/aromatic N) is 6. The van der Waals surface area contributed by atoms with Gasteiger partial charge in [0.1, 0.15) is 0 Å². The quantitative estimate of drug-likeness (QED) is 0.819. The Bertz CT molecular complexity index is 677. The zero-order chi connectivity index (χ0) is 18.4. The maximum absolute atomic E-state index is 4.64. The second-order valence-corrected chi connectivity index (χ2v) is 6.41. The van der Waals surface area contributed by atoms with Crippen LogP contribution in [0, 0.1) is 0 Å². The molecule has 0 aliphatic carbocycles. The van der Waals surface area contributed by atoms with Crippen LogP contribution in [0.4, 0.5) is 23.1 Å². The minimum absolute atomic E-state index is 0.700. The summed E-state index contributed by atoms with van der Waals surface area (Å²) in [6.45, 7) is 13.6. The Balaban J connectivity index is 1.65. The van der Waals surface area contributed by atoms with Crippen molar-refractivity contribution in [2.45, 2.75) is 20.8 Å². The van der Waals surface area contributed by atoms with Gasteiger partial charge in [-0.3, -0.25) is 0 Å². The summed E-state index contributed by atoms with van der Waals surface area (Å²) < 4.78 is 0. The largest absolute Gasteiger partial charge is 0.372 e. The molecule has 1 aliphatic heterocycles. The van der Waals surface area contributed by atoms with Gasteiger partial charge >= 0.3 is 0 Å². The molecule has 0 atom stereocenters. The van der Waals surface area contributed by atoms with Crippen LogP contribution < -0.4 is 15.1 Å². The molecule has 3 rings (SSSR count). The fraction of sp³-hybridized carbons (Fsp3) is 0.526. The first kappa shape index (κ1) is 18.4. The van der Waals surface area contributed by atoms with Gasteiger partial charge in [-0.05, 0) is 44.7 Å². The third kappa shape index (κ3) is 4.40. The van der Waals surface area contributed by atoms with Gasteiger partial charge in [-0.15, -0.1) is 5.10 Å². The average Bonchev–Trinajstić information content (AvgIpc) is 2.70. The minimum Gasteiger partial charge on any atom is -0.372 e. The van der Waals surface area contributed by atoms with Gasteiger partial charge in [-0.1, -0.05) is 6.92 Å². The summed E-state index contributed by atoms with van der Waals surface area (Å²) in [6.07, 6.45) is 1.67. The molecule has 0 radical (unpaired) electrons. The summed E-state index contributed by atoms with van der Waals surface area (Å²) in [6, 6.07) is 8.43. The number of likely N-dealkylation sites (N-methyl/N-ethyl adjacent to an activating group) is 1. The topological polar surface area (TPSA) is 60.4 Å². The number of rotatable bonds is 7. The number of hydrogen-bond donors (Lipinski definition) is 1. The molecule has 0 saturated carbocycles. The predicted molar refractivity (Wildman–Crippen MR) is 107 cm³/mol. The van der Waals surface area contributed by atoms with E-state index >= 15 is 0 Å². The average molecular weight is 355 g/mol. The van der Waals surface area contributed by atoms with Gasteiger partial charge in [-0.25, -0.2) is 0 Å². The van der Waals surface area contributed by atoms with Gasteiger partial charge in [0.05, 0.1) is 6.20 Å². The molecular formula is C19H29N7. The van der Waals surface area contributed by atoms with Crippen LogP contribution in [0.15, 0.2) is 30.5 Å². The third-order valence-electron chi connectivity index (χ3n) is 4.92. The van der Waals surface area contributed by atoms with Crippen LogP contribution in [0.1, 0.15) is 20.8 Å². The number of anilines is 4. The van der Waals surface area contributed by atoms with Crippen LogP contribution in [0.3, 0.4) is 0 Å². The number of benzene rings is 1. The highest BCUT2D eigenvalue weighted by molar-refractivity contribution is 5.60. The smallest absolute Gasteiger partial charge is 0.247 e. The zero-order valence-corrected chi connectivity index (χ0v) is 16.0. The molecule has 1 aromatic carbocycles. The maximum atomic E-state index is 4.64. The number of nitrogens with one attached hydrogen (secondary N) is 1. The molecule has 0 amide bonds. The van der Waals surface area contributed by atoms with Crippen LogP contribution in [0.25, 0.3) is 0 Å². The standard InChI is InChI=1S/C19H29N7/c1-4-24-11-13-26(14-12-24)19-22-18(15-20-23-19)21-16-7-9-17(10-8-16)25(5-2)6-3/h7-10,15H,4-6,11-14H2,1-3H3,(H,21,22,23). The first-order chi connectivity index (χ1) is 12.7. The second-order valence-electron chi connectivity index (χ2n) is 6.41. The monoisotopic (exact) mass is 355 g/mol. The molecule has 0 spiro atoms. The lowest BCUT2D eigenvalue weighted by Crippen LogP contribution is -2.46. The van der Waals surface area contributed by atoms with Crippen molar-refractivity contribution < 1.29 is 0 Å². The Kier molecular flexibility index (Phi) is 6.22. The highest BCUT2D eigenvalue weighted by Gasteiger charge is 2.18. The van der Waals surface area contributed by atoms with E-state index in [1.807, 2.05) is 0 Å². The third-order valence-corrected chi connectivity index (χ3v) is 4.92. The van der Waals surface area contributed by atoms with Crippen molar-refractivity contribution in [1.29, 1.82) is 0 Å². The molecule has 0 bridgehead atoms. The summed E-state index contributed by atoms with van der Waals surface area (Å²) in [7, 11) is 0. The van der Waals surface area contributed by atoms with Crippen molar-refractivity contribution in [2.75, 3.05) is 60.9 Å². The Labute approximate surface area is 156 Å². The molecule has 1 aromatic heterocycles. The van der Waals surface area contributed by atoms with Crippen LogP contribution >= 0.6 is 0 Å². The lowest BCUT2D eigenvalue weighted by molar-refractivity contribution is 0.269. The Morgan fingerprint density at radius 3 is 2.31 bits per heavy atom. The van der Waals surface area contributed by atoms with E-state index in [4.69, 9.17) is 0 Å². The molecule has 2 heterocycles. The van der Waals surface area contributed by atoms with Gasteiger partial charge in [0.2, 0.25) is 5.95 Å². The van der Waals surface area contributed by atoms with Crippen LogP contribution in [-0.2, 0) is 0 Å². The van der Waals surface area contributed by atoms with Gasteiger partial charge in [0, 0.05) is 50.6 Å². The molecular weight excluding hydrogens is 326 g/mol. The molecule has 1 fully saturated rings. The van der Waals surface area contributed by atoms with Crippen molar-refractivity contribution in [2.24, 2.45) is 0 Å². The fourth-order valence-electron chi connectivity index (χ4n) is 3.24. The molecule has 7 heteroatoms. The van der Waals surface area contributed by atoms with Crippen molar-refractivity contribution in [3.8, 4) is 0 Å². The molecule has 1 saturated heterocycles. The molecule has 2 aromatic rings. The van der Waals surface area contributed by atoms with Crippen molar-refractivity contribution in [1.82, 2.24) is 20.1 Å². The van der Waals surface area contributed by atoms with E-state index in [0.717, 1.165) is 57.3 Å². The first-order valence-electron chi connectivity index (χ1n) is 9.52. The summed E-state index contributed by atoms with van der Waals surface area (Å²) in [5.74, 6) is 1.43. The number of piperazine rings is 1. The van der Waals surface area contributed by atoms with Crippen LogP contribution in [0.5, 0.6) is 0 Å². The Morgan fingerprint density at radius 1 is 1.00 bits per heavy atom. The molecule has 1 N–H and O–H groups in total. The Hall–Kier alpha value is -2.41. The van der Waals surface area contributed by atoms with Crippen molar-refractivity contribution >= 4 is 23.1 Å². The van der Waals surface area contributed by atoms with Gasteiger partial charge in [0.15, 0.2) is 5.82 Å². The molecule has 140 valence electrons. The van der Waals surface area contributed by atoms with Gasteiger partial charge in [-0.2, -0.15) is 10.1 Å². The highest BCUT2D eigenvalue weighted by atomic mass is 15.4. The predicted octanol–water partition coefficient (Wildman–Crippen LogP) is 2.60. The summed E-state index contributed by atoms with van der Waals surface area (Å²) >= 11 is 0.